The molecule has 7 heteroatoms. The second kappa shape index (κ2) is 8.64. The zero-order valence-corrected chi connectivity index (χ0v) is 15.7. The molecule has 0 amide bonds. The molecule has 0 radical (unpaired) electrons. The van der Waals surface area contributed by atoms with E-state index >= 15 is 0 Å². The molecule has 1 aliphatic rings. The molecule has 0 N–H and O–H groups in total. The number of halogens is 1. The van der Waals surface area contributed by atoms with Crippen LogP contribution >= 0.6 is 15.9 Å². The maximum absolute atomic E-state index is 12.4. The molecule has 1 heterocycles. The number of carbonyl (C=O) groups excluding carboxylic acids is 2. The number of hydrogen-bond donors (Lipinski definition) is 0. The Morgan fingerprint density at radius 1 is 1.08 bits per heavy atom. The van der Waals surface area contributed by atoms with Gasteiger partial charge in [0.1, 0.15) is 5.70 Å². The molecule has 0 atom stereocenters. The number of hydrogen-bond acceptors (Lipinski definition) is 6. The lowest BCUT2D eigenvalue weighted by atomic mass is 10.1. The molecule has 1 aliphatic heterocycles. The van der Waals surface area contributed by atoms with Crippen LogP contribution in [0, 0.1) is 0 Å². The van der Waals surface area contributed by atoms with Crippen molar-refractivity contribution < 1.29 is 23.8 Å². The van der Waals surface area contributed by atoms with Gasteiger partial charge in [0.15, 0.2) is 0 Å². The summed E-state index contributed by atoms with van der Waals surface area (Å²) in [7, 11) is 4.11. The maximum atomic E-state index is 12.4. The molecule has 1 aromatic carbocycles. The molecule has 0 bridgehead atoms. The number of anilines is 1. The highest BCUT2D eigenvalue weighted by molar-refractivity contribution is 9.10. The molecule has 1 aromatic rings. The van der Waals surface area contributed by atoms with E-state index in [2.05, 4.69) is 15.9 Å². The van der Waals surface area contributed by atoms with Crippen LogP contribution < -0.4 is 4.90 Å². The zero-order chi connectivity index (χ0) is 18.4. The molecule has 0 unspecified atom stereocenters. The average Bonchev–Trinajstić information content (AvgIpc) is 2.84. The van der Waals surface area contributed by atoms with Crippen LogP contribution in [0.25, 0.3) is 0 Å². The topological polar surface area (TPSA) is 65.1 Å². The van der Waals surface area contributed by atoms with E-state index in [1.807, 2.05) is 18.2 Å². The molecular weight excluding hydrogens is 390 g/mol. The number of methoxy groups -OCH3 is 3. The van der Waals surface area contributed by atoms with E-state index < -0.39 is 11.9 Å². The average molecular weight is 408 g/mol. The van der Waals surface area contributed by atoms with Crippen LogP contribution in [0.1, 0.15) is 5.56 Å². The summed E-state index contributed by atoms with van der Waals surface area (Å²) in [4.78, 5) is 26.2. The maximum Gasteiger partial charge on any atom is 0.355 e. The van der Waals surface area contributed by atoms with Gasteiger partial charge < -0.3 is 19.1 Å². The van der Waals surface area contributed by atoms with Gasteiger partial charge in [-0.15, -0.1) is 0 Å². The molecule has 0 saturated carbocycles. The lowest BCUT2D eigenvalue weighted by Gasteiger charge is -2.25. The molecule has 6 nitrogen and oxygen atoms in total. The van der Waals surface area contributed by atoms with Crippen molar-refractivity contribution in [3.05, 3.63) is 63.9 Å². The predicted molar refractivity (Wildman–Crippen MR) is 96.7 cm³/mol. The minimum absolute atomic E-state index is 0.0646. The van der Waals surface area contributed by atoms with Gasteiger partial charge in [0, 0.05) is 23.3 Å². The highest BCUT2D eigenvalue weighted by Gasteiger charge is 2.28. The monoisotopic (exact) mass is 407 g/mol. The Kier molecular flexibility index (Phi) is 6.55. The normalized spacial score (nSPS) is 13.7. The van der Waals surface area contributed by atoms with Crippen molar-refractivity contribution in [2.75, 3.05) is 26.2 Å². The van der Waals surface area contributed by atoms with Crippen LogP contribution in [0.2, 0.25) is 0 Å². The summed E-state index contributed by atoms with van der Waals surface area (Å²) >= 11 is 3.43. The van der Waals surface area contributed by atoms with Crippen molar-refractivity contribution in [2.24, 2.45) is 0 Å². The highest BCUT2D eigenvalue weighted by atomic mass is 79.9. The molecule has 0 spiro atoms. The quantitative estimate of drug-likeness (QED) is 0.698. The Morgan fingerprint density at radius 2 is 1.80 bits per heavy atom. The summed E-state index contributed by atoms with van der Waals surface area (Å²) < 4.78 is 15.8. The zero-order valence-electron chi connectivity index (χ0n) is 14.1. The Balaban J connectivity index is 2.71. The van der Waals surface area contributed by atoms with E-state index in [1.165, 1.54) is 20.3 Å². The molecule has 0 fully saturated rings. The van der Waals surface area contributed by atoms with Gasteiger partial charge in [-0.1, -0.05) is 28.1 Å². The third kappa shape index (κ3) is 4.18. The number of allylic oxidation sites excluding steroid dienone is 2. The highest BCUT2D eigenvalue weighted by Crippen LogP contribution is 2.32. The number of esters is 2. The van der Waals surface area contributed by atoms with Crippen molar-refractivity contribution in [3.63, 3.8) is 0 Å². The first-order chi connectivity index (χ1) is 12.0. The third-order valence-electron chi connectivity index (χ3n) is 3.50. The van der Waals surface area contributed by atoms with Gasteiger partial charge in [-0.25, -0.2) is 9.59 Å². The molecule has 132 valence electrons. The van der Waals surface area contributed by atoms with Gasteiger partial charge in [0.05, 0.1) is 32.1 Å². The summed E-state index contributed by atoms with van der Waals surface area (Å²) in [6, 6.07) is 5.59. The second-order valence-electron chi connectivity index (χ2n) is 5.02. The lowest BCUT2D eigenvalue weighted by Crippen LogP contribution is -2.27. The molecule has 0 aromatic heterocycles. The smallest absolute Gasteiger partial charge is 0.355 e. The fraction of sp³-hybridized carbons (Fsp3) is 0.222. The van der Waals surface area contributed by atoms with Crippen LogP contribution in [0.15, 0.2) is 58.4 Å². The van der Waals surface area contributed by atoms with E-state index in [1.54, 1.807) is 30.4 Å². The van der Waals surface area contributed by atoms with E-state index in [0.717, 1.165) is 10.0 Å². The summed E-state index contributed by atoms with van der Waals surface area (Å²) in [5.74, 6) is -1.28. The molecule has 2 rings (SSSR count). The van der Waals surface area contributed by atoms with E-state index in [0.29, 0.717) is 12.3 Å². The Bertz CT molecular complexity index is 767. The van der Waals surface area contributed by atoms with Crippen LogP contribution in [0.3, 0.4) is 0 Å². The van der Waals surface area contributed by atoms with Crippen molar-refractivity contribution in [1.82, 2.24) is 0 Å². The van der Waals surface area contributed by atoms with Crippen molar-refractivity contribution in [2.45, 2.75) is 6.61 Å². The first-order valence-corrected chi connectivity index (χ1v) is 8.15. The van der Waals surface area contributed by atoms with Crippen LogP contribution in [-0.2, 0) is 30.4 Å². The fourth-order valence-corrected chi connectivity index (χ4v) is 2.74. The third-order valence-corrected chi connectivity index (χ3v) is 3.99. The second-order valence-corrected chi connectivity index (χ2v) is 5.94. The van der Waals surface area contributed by atoms with Gasteiger partial charge in [0.25, 0.3) is 0 Å². The number of ether oxygens (including phenoxy) is 3. The fourth-order valence-electron chi connectivity index (χ4n) is 2.39. The van der Waals surface area contributed by atoms with E-state index in [-0.39, 0.29) is 11.3 Å². The SMILES string of the molecule is COCc1ccc(Br)cc1N1C=CC=CC(C(=O)OC)=C1C(=O)OC. The molecule has 0 aliphatic carbocycles. The van der Waals surface area contributed by atoms with Crippen molar-refractivity contribution in [1.29, 1.82) is 0 Å². The van der Waals surface area contributed by atoms with Crippen molar-refractivity contribution in [3.8, 4) is 0 Å². The number of rotatable bonds is 5. The summed E-state index contributed by atoms with van der Waals surface area (Å²) in [5.41, 5.74) is 1.68. The van der Waals surface area contributed by atoms with Crippen LogP contribution in [0.4, 0.5) is 5.69 Å². The standard InChI is InChI=1S/C18H18BrNO5/c1-23-11-12-7-8-13(19)10-15(12)20-9-5-4-6-14(17(21)24-2)16(20)18(22)25-3/h4-10H,11H2,1-3H3. The van der Waals surface area contributed by atoms with Crippen LogP contribution in [0.5, 0.6) is 0 Å². The van der Waals surface area contributed by atoms with E-state index in [9.17, 15) is 9.59 Å². The largest absolute Gasteiger partial charge is 0.465 e. The Labute approximate surface area is 154 Å². The summed E-state index contributed by atoms with van der Waals surface area (Å²) in [6.45, 7) is 0.336. The number of benzene rings is 1. The molecule has 0 saturated heterocycles. The number of carbonyl (C=O) groups is 2. The first-order valence-electron chi connectivity index (χ1n) is 7.35. The number of nitrogens with zero attached hydrogens (tertiary/aromatic N) is 1. The Morgan fingerprint density at radius 3 is 2.44 bits per heavy atom. The van der Waals surface area contributed by atoms with Gasteiger partial charge in [0.2, 0.25) is 0 Å². The first kappa shape index (κ1) is 19.0. The minimum Gasteiger partial charge on any atom is -0.465 e. The lowest BCUT2D eigenvalue weighted by molar-refractivity contribution is -0.139. The van der Waals surface area contributed by atoms with Gasteiger partial charge in [-0.05, 0) is 24.3 Å². The summed E-state index contributed by atoms with van der Waals surface area (Å²) in [6.07, 6.45) is 6.57. The van der Waals surface area contributed by atoms with E-state index in [4.69, 9.17) is 14.2 Å². The van der Waals surface area contributed by atoms with Crippen LogP contribution in [-0.4, -0.2) is 33.3 Å². The molecule has 25 heavy (non-hydrogen) atoms. The Hall–Kier alpha value is -2.38. The van der Waals surface area contributed by atoms with Crippen molar-refractivity contribution >= 4 is 33.6 Å². The van der Waals surface area contributed by atoms with Gasteiger partial charge in [-0.3, -0.25) is 0 Å². The van der Waals surface area contributed by atoms with Gasteiger partial charge in [-0.2, -0.15) is 0 Å². The molecular formula is C18H18BrNO5. The summed E-state index contributed by atoms with van der Waals surface area (Å²) in [5, 5.41) is 0. The van der Waals surface area contributed by atoms with Gasteiger partial charge >= 0.3 is 11.9 Å². The minimum atomic E-state index is -0.653. The predicted octanol–water partition coefficient (Wildman–Crippen LogP) is 3.09.